The average Bonchev–Trinajstić information content (AvgIpc) is 3.37. The molecule has 6 nitrogen and oxygen atoms in total. The number of aliphatic hydroxyl groups excluding tert-OH is 1. The van der Waals surface area contributed by atoms with E-state index in [1.54, 1.807) is 30.3 Å². The number of aliphatic carboxylic acids is 1. The summed E-state index contributed by atoms with van der Waals surface area (Å²) in [6.45, 7) is 18.2. The van der Waals surface area contributed by atoms with E-state index in [9.17, 15) is 24.9 Å². The van der Waals surface area contributed by atoms with E-state index in [0.717, 1.165) is 62.5 Å². The molecule has 45 heavy (non-hydrogen) atoms. The Kier molecular flexibility index (Phi) is 7.70. The topological polar surface area (TPSA) is 104 Å². The molecular weight excluding hydrogens is 564 g/mol. The zero-order valence-corrected chi connectivity index (χ0v) is 28.1. The molecule has 0 unspecified atom stereocenters. The number of aromatic hydroxyl groups is 1. The van der Waals surface area contributed by atoms with E-state index >= 15 is 0 Å². The SMILES string of the molecule is C=C(C)[C@@H]1CC[C@]2(C(=O)O)CC[C@]3(C)[C@H](CC[C@@H]4[C@@]5(C)C[C@@H](OC(=O)/C=C/c6ccc(O)cc6)[C@H](O)C(C)(C)[C@@H]5CC[C@]43C)[C@@H]12. The second kappa shape index (κ2) is 10.7. The molecule has 246 valence electrons. The fraction of sp³-hybridized carbons (Fsp3) is 0.692. The number of rotatable bonds is 5. The number of carbonyl (C=O) groups excluding carboxylic acids is 1. The number of carboxylic acid groups (broad SMARTS) is 1. The number of hydrogen-bond acceptors (Lipinski definition) is 5. The smallest absolute Gasteiger partial charge is 0.331 e. The molecule has 5 fully saturated rings. The van der Waals surface area contributed by atoms with Gasteiger partial charge >= 0.3 is 11.9 Å². The summed E-state index contributed by atoms with van der Waals surface area (Å²) in [5.74, 6) is 0.504. The highest BCUT2D eigenvalue weighted by Gasteiger charge is 2.72. The minimum Gasteiger partial charge on any atom is -0.508 e. The normalized spacial score (nSPS) is 45.1. The van der Waals surface area contributed by atoms with Crippen molar-refractivity contribution in [3.63, 3.8) is 0 Å². The van der Waals surface area contributed by atoms with Crippen LogP contribution in [-0.2, 0) is 14.3 Å². The Bertz CT molecular complexity index is 1390. The summed E-state index contributed by atoms with van der Waals surface area (Å²) in [4.78, 5) is 26.1. The molecule has 6 heteroatoms. The number of aliphatic hydroxyl groups is 1. The third-order valence-corrected chi connectivity index (χ3v) is 15.0. The largest absolute Gasteiger partial charge is 0.508 e. The van der Waals surface area contributed by atoms with E-state index in [0.29, 0.717) is 18.3 Å². The molecule has 11 atom stereocenters. The monoisotopic (exact) mass is 618 g/mol. The first-order chi connectivity index (χ1) is 21.0. The van der Waals surface area contributed by atoms with Crippen LogP contribution < -0.4 is 0 Å². The molecule has 5 aliphatic rings. The quantitative estimate of drug-likeness (QED) is 0.175. The molecule has 0 aliphatic heterocycles. The lowest BCUT2D eigenvalue weighted by Gasteiger charge is -2.73. The number of fused-ring (bicyclic) bond motifs is 7. The van der Waals surface area contributed by atoms with E-state index in [4.69, 9.17) is 4.74 Å². The van der Waals surface area contributed by atoms with Crippen LogP contribution in [0.1, 0.15) is 105 Å². The molecule has 5 saturated carbocycles. The second-order valence-corrected chi connectivity index (χ2v) is 17.0. The van der Waals surface area contributed by atoms with E-state index in [-0.39, 0.29) is 39.7 Å². The summed E-state index contributed by atoms with van der Waals surface area (Å²) in [7, 11) is 0. The van der Waals surface area contributed by atoms with Gasteiger partial charge in [0.1, 0.15) is 11.9 Å². The summed E-state index contributed by atoms with van der Waals surface area (Å²) >= 11 is 0. The van der Waals surface area contributed by atoms with Gasteiger partial charge in [-0.05, 0) is 140 Å². The Hall–Kier alpha value is -2.60. The Morgan fingerprint density at radius 3 is 2.24 bits per heavy atom. The molecule has 1 aromatic rings. The van der Waals surface area contributed by atoms with Gasteiger partial charge in [-0.1, -0.05) is 58.9 Å². The van der Waals surface area contributed by atoms with Crippen molar-refractivity contribution < 1.29 is 29.6 Å². The lowest BCUT2D eigenvalue weighted by molar-refractivity contribution is -0.265. The van der Waals surface area contributed by atoms with Crippen LogP contribution in [0.4, 0.5) is 0 Å². The molecule has 0 spiro atoms. The van der Waals surface area contributed by atoms with Gasteiger partial charge in [0.25, 0.3) is 0 Å². The molecule has 6 rings (SSSR count). The van der Waals surface area contributed by atoms with Crippen LogP contribution in [0.15, 0.2) is 42.5 Å². The molecule has 0 bridgehead atoms. The molecular formula is C39H54O6. The number of ether oxygens (including phenoxy) is 1. The fourth-order valence-corrected chi connectivity index (χ4v) is 12.7. The number of phenols is 1. The number of phenolic OH excluding ortho intramolecular Hbond substituents is 1. The maximum absolute atomic E-state index is 13.1. The standard InChI is InChI=1S/C39H54O6/c1-23(2)26-16-19-39(34(43)44)21-20-37(6)27(32(26)39)13-14-30-36(5)22-28(33(42)35(3,4)29(36)17-18-38(30,37)7)45-31(41)15-10-24-8-11-25(40)12-9-24/h8-12,15,26-30,32-33,40,42H,1,13-14,16-22H2,2-7H3,(H,43,44)/b15-10+/t26-,27+,28+,29-,30+,32+,33-,36-,37+,38+,39-/m0/s1. The van der Waals surface area contributed by atoms with Gasteiger partial charge in [-0.25, -0.2) is 4.79 Å². The summed E-state index contributed by atoms with van der Waals surface area (Å²) < 4.78 is 6.08. The van der Waals surface area contributed by atoms with E-state index in [2.05, 4.69) is 48.1 Å². The van der Waals surface area contributed by atoms with Crippen LogP contribution in [0, 0.1) is 56.7 Å². The van der Waals surface area contributed by atoms with Crippen molar-refractivity contribution in [1.82, 2.24) is 0 Å². The molecule has 5 aliphatic carbocycles. The number of allylic oxidation sites excluding steroid dienone is 1. The molecule has 0 amide bonds. The highest BCUT2D eigenvalue weighted by Crippen LogP contribution is 2.77. The average molecular weight is 619 g/mol. The molecule has 3 N–H and O–H groups in total. The minimum absolute atomic E-state index is 0.00475. The first-order valence-electron chi connectivity index (χ1n) is 17.3. The van der Waals surface area contributed by atoms with Crippen molar-refractivity contribution in [3.05, 3.63) is 48.1 Å². The molecule has 0 aromatic heterocycles. The molecule has 0 heterocycles. The maximum atomic E-state index is 13.1. The van der Waals surface area contributed by atoms with Crippen LogP contribution in [0.25, 0.3) is 6.08 Å². The minimum atomic E-state index is -0.765. The van der Waals surface area contributed by atoms with Gasteiger partial charge in [0.15, 0.2) is 0 Å². The van der Waals surface area contributed by atoms with Gasteiger partial charge < -0.3 is 20.1 Å². The molecule has 0 radical (unpaired) electrons. The van der Waals surface area contributed by atoms with Crippen LogP contribution in [-0.4, -0.2) is 39.5 Å². The Morgan fingerprint density at radius 2 is 1.60 bits per heavy atom. The van der Waals surface area contributed by atoms with Crippen molar-refractivity contribution in [2.75, 3.05) is 0 Å². The highest BCUT2D eigenvalue weighted by atomic mass is 16.6. The number of esters is 1. The van der Waals surface area contributed by atoms with Gasteiger partial charge in [0.2, 0.25) is 0 Å². The fourth-order valence-electron chi connectivity index (χ4n) is 12.7. The Balaban J connectivity index is 1.30. The highest BCUT2D eigenvalue weighted by molar-refractivity contribution is 5.87. The van der Waals surface area contributed by atoms with E-state index in [1.165, 1.54) is 6.08 Å². The number of hydrogen-bond donors (Lipinski definition) is 3. The van der Waals surface area contributed by atoms with Gasteiger partial charge in [-0.2, -0.15) is 0 Å². The summed E-state index contributed by atoms with van der Waals surface area (Å²) in [6, 6.07) is 6.63. The third-order valence-electron chi connectivity index (χ3n) is 15.0. The number of benzene rings is 1. The summed E-state index contributed by atoms with van der Waals surface area (Å²) in [5.41, 5.74) is 0.735. The van der Waals surface area contributed by atoms with Gasteiger partial charge in [0.05, 0.1) is 11.5 Å². The van der Waals surface area contributed by atoms with Crippen molar-refractivity contribution in [2.45, 2.75) is 112 Å². The maximum Gasteiger partial charge on any atom is 0.331 e. The lowest BCUT2D eigenvalue weighted by atomic mass is 9.32. The molecule has 1 aromatic carbocycles. The van der Waals surface area contributed by atoms with Crippen molar-refractivity contribution in [3.8, 4) is 5.75 Å². The zero-order chi connectivity index (χ0) is 32.7. The van der Waals surface area contributed by atoms with E-state index < -0.39 is 35.0 Å². The van der Waals surface area contributed by atoms with Crippen LogP contribution in [0.5, 0.6) is 5.75 Å². The Labute approximate surface area is 269 Å². The van der Waals surface area contributed by atoms with E-state index in [1.807, 2.05) is 0 Å². The van der Waals surface area contributed by atoms with Crippen LogP contribution >= 0.6 is 0 Å². The van der Waals surface area contributed by atoms with Gasteiger partial charge in [-0.3, -0.25) is 4.79 Å². The predicted molar refractivity (Wildman–Crippen MR) is 175 cm³/mol. The van der Waals surface area contributed by atoms with Crippen molar-refractivity contribution in [2.24, 2.45) is 56.7 Å². The third kappa shape index (κ3) is 4.58. The first kappa shape index (κ1) is 32.3. The zero-order valence-electron chi connectivity index (χ0n) is 28.1. The predicted octanol–water partition coefficient (Wildman–Crippen LogP) is 8.03. The Morgan fingerprint density at radius 1 is 0.911 bits per heavy atom. The van der Waals surface area contributed by atoms with Crippen LogP contribution in [0.3, 0.4) is 0 Å². The van der Waals surface area contributed by atoms with Gasteiger partial charge in [-0.15, -0.1) is 0 Å². The second-order valence-electron chi connectivity index (χ2n) is 17.0. The number of carbonyl (C=O) groups is 2. The number of carboxylic acids is 1. The van der Waals surface area contributed by atoms with Crippen LogP contribution in [0.2, 0.25) is 0 Å². The lowest BCUT2D eigenvalue weighted by Crippen LogP contribution is -2.68. The van der Waals surface area contributed by atoms with Crippen molar-refractivity contribution >= 4 is 18.0 Å². The van der Waals surface area contributed by atoms with Gasteiger partial charge in [0, 0.05) is 6.08 Å². The summed E-state index contributed by atoms with van der Waals surface area (Å²) in [6.07, 6.45) is 9.84. The first-order valence-corrected chi connectivity index (χ1v) is 17.3. The molecule has 0 saturated heterocycles. The van der Waals surface area contributed by atoms with Crippen molar-refractivity contribution in [1.29, 1.82) is 0 Å². The summed E-state index contributed by atoms with van der Waals surface area (Å²) in [5, 5.41) is 31.9.